The van der Waals surface area contributed by atoms with Crippen LogP contribution < -0.4 is 0 Å². The fourth-order valence-electron chi connectivity index (χ4n) is 2.75. The molecule has 0 saturated heterocycles. The van der Waals surface area contributed by atoms with E-state index >= 15 is 0 Å². The number of carboxylic acid groups (broad SMARTS) is 1. The Morgan fingerprint density at radius 3 is 2.37 bits per heavy atom. The van der Waals surface area contributed by atoms with Gasteiger partial charge in [0.2, 0.25) is 0 Å². The first-order valence-electron chi connectivity index (χ1n) is 6.71. The van der Waals surface area contributed by atoms with Crippen LogP contribution in [-0.2, 0) is 11.2 Å². The zero-order chi connectivity index (χ0) is 14.2. The summed E-state index contributed by atoms with van der Waals surface area (Å²) in [4.78, 5) is 14.0. The SMILES string of the molecule is Cc1c(C)c(C)c2c(CCCC(=O)O)c[nH]c2c1C. The number of hydrogen-bond acceptors (Lipinski definition) is 1. The number of hydrogen-bond donors (Lipinski definition) is 2. The average molecular weight is 259 g/mol. The van der Waals surface area contributed by atoms with Crippen LogP contribution in [-0.4, -0.2) is 16.1 Å². The highest BCUT2D eigenvalue weighted by atomic mass is 16.4. The lowest BCUT2D eigenvalue weighted by atomic mass is 9.93. The number of benzene rings is 1. The summed E-state index contributed by atoms with van der Waals surface area (Å²) in [5, 5.41) is 10.0. The van der Waals surface area contributed by atoms with Crippen molar-refractivity contribution < 1.29 is 9.90 Å². The molecular weight excluding hydrogens is 238 g/mol. The average Bonchev–Trinajstić information content (AvgIpc) is 2.77. The zero-order valence-corrected chi connectivity index (χ0v) is 12.1. The molecule has 0 amide bonds. The lowest BCUT2D eigenvalue weighted by molar-refractivity contribution is -0.137. The molecule has 1 aromatic carbocycles. The molecule has 0 saturated carbocycles. The number of nitrogens with one attached hydrogen (secondary N) is 1. The molecule has 1 aromatic heterocycles. The normalized spacial score (nSPS) is 11.2. The molecule has 0 radical (unpaired) electrons. The molecule has 0 aliphatic heterocycles. The maximum absolute atomic E-state index is 10.6. The molecule has 2 rings (SSSR count). The van der Waals surface area contributed by atoms with E-state index in [0.717, 1.165) is 6.42 Å². The van der Waals surface area contributed by atoms with Crippen molar-refractivity contribution in [3.8, 4) is 0 Å². The summed E-state index contributed by atoms with van der Waals surface area (Å²) in [6, 6.07) is 0. The van der Waals surface area contributed by atoms with Gasteiger partial charge in [-0.1, -0.05) is 0 Å². The van der Waals surface area contributed by atoms with E-state index in [1.165, 1.54) is 38.7 Å². The molecule has 0 spiro atoms. The molecule has 19 heavy (non-hydrogen) atoms. The van der Waals surface area contributed by atoms with Crippen LogP contribution in [0.4, 0.5) is 0 Å². The lowest BCUT2D eigenvalue weighted by Crippen LogP contribution is -1.97. The number of rotatable bonds is 4. The number of aromatic amines is 1. The van der Waals surface area contributed by atoms with E-state index in [4.69, 9.17) is 5.11 Å². The highest BCUT2D eigenvalue weighted by Crippen LogP contribution is 2.31. The molecular formula is C16H21NO2. The molecule has 102 valence electrons. The zero-order valence-electron chi connectivity index (χ0n) is 12.1. The van der Waals surface area contributed by atoms with E-state index in [0.29, 0.717) is 6.42 Å². The second kappa shape index (κ2) is 5.08. The Morgan fingerprint density at radius 2 is 1.74 bits per heavy atom. The van der Waals surface area contributed by atoms with Gasteiger partial charge in [-0.2, -0.15) is 0 Å². The van der Waals surface area contributed by atoms with Gasteiger partial charge in [0.15, 0.2) is 0 Å². The summed E-state index contributed by atoms with van der Waals surface area (Å²) >= 11 is 0. The molecule has 0 fully saturated rings. The molecule has 3 nitrogen and oxygen atoms in total. The number of H-pyrrole nitrogens is 1. The molecule has 0 atom stereocenters. The van der Waals surface area contributed by atoms with Gasteiger partial charge in [-0.05, 0) is 68.4 Å². The first-order valence-corrected chi connectivity index (χ1v) is 6.71. The third-order valence-electron chi connectivity index (χ3n) is 4.24. The Kier molecular flexibility index (Phi) is 3.65. The number of aromatic nitrogens is 1. The van der Waals surface area contributed by atoms with Gasteiger partial charge < -0.3 is 10.1 Å². The maximum Gasteiger partial charge on any atom is 0.303 e. The van der Waals surface area contributed by atoms with Gasteiger partial charge in [-0.3, -0.25) is 4.79 Å². The van der Waals surface area contributed by atoms with Crippen LogP contribution in [0, 0.1) is 27.7 Å². The van der Waals surface area contributed by atoms with Crippen molar-refractivity contribution in [3.05, 3.63) is 34.0 Å². The van der Waals surface area contributed by atoms with Gasteiger partial charge in [0.1, 0.15) is 0 Å². The molecule has 2 aromatic rings. The van der Waals surface area contributed by atoms with Crippen molar-refractivity contribution in [2.75, 3.05) is 0 Å². The van der Waals surface area contributed by atoms with E-state index in [9.17, 15) is 4.79 Å². The predicted octanol–water partition coefficient (Wildman–Crippen LogP) is 3.81. The Bertz CT molecular complexity index is 638. The topological polar surface area (TPSA) is 53.1 Å². The highest BCUT2D eigenvalue weighted by molar-refractivity contribution is 5.91. The van der Waals surface area contributed by atoms with Crippen LogP contribution in [0.5, 0.6) is 0 Å². The number of aliphatic carboxylic acids is 1. The molecule has 2 N–H and O–H groups in total. The Hall–Kier alpha value is -1.77. The third-order valence-corrected chi connectivity index (χ3v) is 4.24. The minimum Gasteiger partial charge on any atom is -0.481 e. The Balaban J connectivity index is 2.45. The first kappa shape index (κ1) is 13.7. The van der Waals surface area contributed by atoms with E-state index < -0.39 is 5.97 Å². The third kappa shape index (κ3) is 2.37. The summed E-state index contributed by atoms with van der Waals surface area (Å²) in [6.45, 7) is 8.60. The van der Waals surface area contributed by atoms with Gasteiger partial charge in [0.05, 0.1) is 0 Å². The highest BCUT2D eigenvalue weighted by Gasteiger charge is 2.13. The van der Waals surface area contributed by atoms with E-state index in [1.807, 2.05) is 6.20 Å². The Labute approximate surface area is 113 Å². The van der Waals surface area contributed by atoms with E-state index in [1.54, 1.807) is 0 Å². The molecule has 0 bridgehead atoms. The van der Waals surface area contributed by atoms with Crippen molar-refractivity contribution in [3.63, 3.8) is 0 Å². The van der Waals surface area contributed by atoms with Gasteiger partial charge in [0, 0.05) is 23.5 Å². The quantitative estimate of drug-likeness (QED) is 0.877. The standard InChI is InChI=1S/C16H21NO2/c1-9-10(2)12(4)16-15(11(9)3)13(8-17-16)6-5-7-14(18)19/h8,17H,5-7H2,1-4H3,(H,18,19). The van der Waals surface area contributed by atoms with Gasteiger partial charge in [0.25, 0.3) is 0 Å². The van der Waals surface area contributed by atoms with Crippen molar-refractivity contribution >= 4 is 16.9 Å². The Morgan fingerprint density at radius 1 is 1.11 bits per heavy atom. The first-order chi connectivity index (χ1) is 8.93. The number of aryl methyl sites for hydroxylation is 3. The van der Waals surface area contributed by atoms with Gasteiger partial charge in [-0.15, -0.1) is 0 Å². The fourth-order valence-corrected chi connectivity index (χ4v) is 2.75. The van der Waals surface area contributed by atoms with Crippen LogP contribution in [0.25, 0.3) is 10.9 Å². The van der Waals surface area contributed by atoms with Crippen LogP contribution >= 0.6 is 0 Å². The molecule has 0 aliphatic rings. The fraction of sp³-hybridized carbons (Fsp3) is 0.438. The number of carbonyl (C=O) groups is 1. The lowest BCUT2D eigenvalue weighted by Gasteiger charge is -2.12. The monoisotopic (exact) mass is 259 g/mol. The van der Waals surface area contributed by atoms with Crippen LogP contribution in [0.3, 0.4) is 0 Å². The van der Waals surface area contributed by atoms with E-state index in [-0.39, 0.29) is 6.42 Å². The van der Waals surface area contributed by atoms with Crippen molar-refractivity contribution in [2.45, 2.75) is 47.0 Å². The maximum atomic E-state index is 10.6. The summed E-state index contributed by atoms with van der Waals surface area (Å²) in [6.07, 6.45) is 3.77. The molecule has 0 aliphatic carbocycles. The molecule has 3 heteroatoms. The summed E-state index contributed by atoms with van der Waals surface area (Å²) < 4.78 is 0. The second-order valence-electron chi connectivity index (χ2n) is 5.31. The largest absolute Gasteiger partial charge is 0.481 e. The van der Waals surface area contributed by atoms with Crippen molar-refractivity contribution in [1.82, 2.24) is 4.98 Å². The van der Waals surface area contributed by atoms with Crippen molar-refractivity contribution in [1.29, 1.82) is 0 Å². The summed E-state index contributed by atoms with van der Waals surface area (Å²) in [5.41, 5.74) is 7.71. The molecule has 1 heterocycles. The summed E-state index contributed by atoms with van der Waals surface area (Å²) in [5.74, 6) is -0.722. The van der Waals surface area contributed by atoms with Crippen LogP contribution in [0.2, 0.25) is 0 Å². The van der Waals surface area contributed by atoms with Crippen LogP contribution in [0.1, 0.15) is 40.7 Å². The predicted molar refractivity (Wildman–Crippen MR) is 77.8 cm³/mol. The smallest absolute Gasteiger partial charge is 0.303 e. The summed E-state index contributed by atoms with van der Waals surface area (Å²) in [7, 11) is 0. The minimum atomic E-state index is -0.722. The van der Waals surface area contributed by atoms with Gasteiger partial charge >= 0.3 is 5.97 Å². The van der Waals surface area contributed by atoms with Gasteiger partial charge in [-0.25, -0.2) is 0 Å². The van der Waals surface area contributed by atoms with Crippen LogP contribution in [0.15, 0.2) is 6.20 Å². The second-order valence-corrected chi connectivity index (χ2v) is 5.31. The minimum absolute atomic E-state index is 0.232. The van der Waals surface area contributed by atoms with Crippen molar-refractivity contribution in [2.24, 2.45) is 0 Å². The number of fused-ring (bicyclic) bond motifs is 1. The number of carboxylic acids is 1. The molecule has 0 unspecified atom stereocenters. The van der Waals surface area contributed by atoms with E-state index in [2.05, 4.69) is 32.7 Å².